The van der Waals surface area contributed by atoms with E-state index in [-0.39, 0.29) is 11.7 Å². The maximum Gasteiger partial charge on any atom is 0.221 e. The first-order valence-electron chi connectivity index (χ1n) is 8.77. The van der Waals surface area contributed by atoms with Gasteiger partial charge in [-0.1, -0.05) is 28.1 Å². The highest BCUT2D eigenvalue weighted by Crippen LogP contribution is 2.25. The third kappa shape index (κ3) is 5.82. The van der Waals surface area contributed by atoms with Crippen molar-refractivity contribution in [1.82, 2.24) is 0 Å². The van der Waals surface area contributed by atoms with Crippen LogP contribution in [0.15, 0.2) is 71.2 Å². The third-order valence-electron chi connectivity index (χ3n) is 4.02. The molecule has 4 nitrogen and oxygen atoms in total. The quantitative estimate of drug-likeness (QED) is 0.490. The Kier molecular flexibility index (Phi) is 6.66. The van der Waals surface area contributed by atoms with E-state index in [1.165, 1.54) is 19.1 Å². The fraction of sp³-hybridized carbons (Fsp3) is 0.136. The van der Waals surface area contributed by atoms with E-state index in [9.17, 15) is 9.18 Å². The van der Waals surface area contributed by atoms with E-state index in [0.29, 0.717) is 13.2 Å². The first-order valence-corrected chi connectivity index (χ1v) is 9.56. The Bertz CT molecular complexity index is 944. The lowest BCUT2D eigenvalue weighted by molar-refractivity contribution is -0.114. The molecule has 0 radical (unpaired) electrons. The van der Waals surface area contributed by atoms with Crippen LogP contribution in [0.25, 0.3) is 0 Å². The molecule has 144 valence electrons. The van der Waals surface area contributed by atoms with Crippen LogP contribution in [0.1, 0.15) is 18.1 Å². The number of carbonyl (C=O) groups excluding carboxylic acids is 1. The fourth-order valence-electron chi connectivity index (χ4n) is 2.64. The predicted molar refractivity (Wildman–Crippen MR) is 113 cm³/mol. The number of halogens is 2. The summed E-state index contributed by atoms with van der Waals surface area (Å²) in [5, 5.41) is 6.09. The molecule has 1 amide bonds. The lowest BCUT2D eigenvalue weighted by Crippen LogP contribution is -2.06. The smallest absolute Gasteiger partial charge is 0.221 e. The molecule has 3 aromatic carbocycles. The summed E-state index contributed by atoms with van der Waals surface area (Å²) in [5.74, 6) is 0.398. The van der Waals surface area contributed by atoms with E-state index in [2.05, 4.69) is 26.6 Å². The van der Waals surface area contributed by atoms with Gasteiger partial charge in [-0.3, -0.25) is 4.79 Å². The predicted octanol–water partition coefficient (Wildman–Crippen LogP) is 5.74. The van der Waals surface area contributed by atoms with Crippen LogP contribution in [-0.2, 0) is 17.9 Å². The molecule has 0 aliphatic heterocycles. The molecule has 0 saturated carbocycles. The van der Waals surface area contributed by atoms with Crippen molar-refractivity contribution < 1.29 is 13.9 Å². The number of anilines is 2. The summed E-state index contributed by atoms with van der Waals surface area (Å²) >= 11 is 3.49. The first kappa shape index (κ1) is 19.9. The van der Waals surface area contributed by atoms with Gasteiger partial charge >= 0.3 is 0 Å². The average molecular weight is 443 g/mol. The van der Waals surface area contributed by atoms with Gasteiger partial charge in [-0.05, 0) is 60.2 Å². The molecule has 0 bridgehead atoms. The van der Waals surface area contributed by atoms with Crippen molar-refractivity contribution in [2.75, 3.05) is 10.6 Å². The van der Waals surface area contributed by atoms with Crippen LogP contribution in [0.5, 0.6) is 5.75 Å². The van der Waals surface area contributed by atoms with Gasteiger partial charge < -0.3 is 15.4 Å². The van der Waals surface area contributed by atoms with Gasteiger partial charge in [0.2, 0.25) is 5.91 Å². The van der Waals surface area contributed by atoms with Crippen molar-refractivity contribution in [2.45, 2.75) is 20.1 Å². The maximum atomic E-state index is 13.0. The molecule has 3 aromatic rings. The van der Waals surface area contributed by atoms with Gasteiger partial charge in [0, 0.05) is 34.9 Å². The molecule has 6 heteroatoms. The van der Waals surface area contributed by atoms with Crippen LogP contribution in [0, 0.1) is 5.82 Å². The zero-order valence-corrected chi connectivity index (χ0v) is 16.9. The van der Waals surface area contributed by atoms with Crippen LogP contribution in [-0.4, -0.2) is 5.91 Å². The SMILES string of the molecule is CC(=O)Nc1ccc(NCc2cc(Br)ccc2OCc2ccc(F)cc2)cc1. The molecule has 0 spiro atoms. The van der Waals surface area contributed by atoms with Gasteiger partial charge in [0.15, 0.2) is 0 Å². The summed E-state index contributed by atoms with van der Waals surface area (Å²) in [6.07, 6.45) is 0. The van der Waals surface area contributed by atoms with Crippen LogP contribution < -0.4 is 15.4 Å². The van der Waals surface area contributed by atoms with Crippen molar-refractivity contribution in [3.63, 3.8) is 0 Å². The summed E-state index contributed by atoms with van der Waals surface area (Å²) in [6, 6.07) is 19.6. The lowest BCUT2D eigenvalue weighted by Gasteiger charge is -2.14. The number of ether oxygens (including phenoxy) is 1. The van der Waals surface area contributed by atoms with Crippen LogP contribution in [0.3, 0.4) is 0 Å². The second kappa shape index (κ2) is 9.37. The number of hydrogen-bond acceptors (Lipinski definition) is 3. The fourth-order valence-corrected chi connectivity index (χ4v) is 3.05. The molecule has 0 aliphatic rings. The van der Waals surface area contributed by atoms with Gasteiger partial charge in [-0.25, -0.2) is 4.39 Å². The number of benzene rings is 3. The first-order chi connectivity index (χ1) is 13.5. The van der Waals surface area contributed by atoms with Crippen LogP contribution >= 0.6 is 15.9 Å². The molecule has 3 rings (SSSR count). The molecule has 28 heavy (non-hydrogen) atoms. The number of hydrogen-bond donors (Lipinski definition) is 2. The molecule has 0 saturated heterocycles. The summed E-state index contributed by atoms with van der Waals surface area (Å²) in [7, 11) is 0. The highest BCUT2D eigenvalue weighted by Gasteiger charge is 2.06. The monoisotopic (exact) mass is 442 g/mol. The second-order valence-electron chi connectivity index (χ2n) is 6.28. The lowest BCUT2D eigenvalue weighted by atomic mass is 10.2. The van der Waals surface area contributed by atoms with E-state index in [1.807, 2.05) is 42.5 Å². The summed E-state index contributed by atoms with van der Waals surface area (Å²) in [6.45, 7) is 2.41. The minimum absolute atomic E-state index is 0.0993. The van der Waals surface area contributed by atoms with Crippen molar-refractivity contribution in [1.29, 1.82) is 0 Å². The number of rotatable bonds is 7. The molecule has 0 unspecified atom stereocenters. The van der Waals surface area contributed by atoms with Gasteiger partial charge in [-0.15, -0.1) is 0 Å². The Morgan fingerprint density at radius 3 is 2.36 bits per heavy atom. The Balaban J connectivity index is 1.65. The summed E-state index contributed by atoms with van der Waals surface area (Å²) in [4.78, 5) is 11.1. The van der Waals surface area contributed by atoms with Gasteiger partial charge in [0.1, 0.15) is 18.2 Å². The molecule has 0 aliphatic carbocycles. The van der Waals surface area contributed by atoms with E-state index < -0.39 is 0 Å². The highest BCUT2D eigenvalue weighted by molar-refractivity contribution is 9.10. The number of carbonyl (C=O) groups is 1. The number of amides is 1. The molecule has 0 aromatic heterocycles. The molecular formula is C22H20BrFN2O2. The van der Waals surface area contributed by atoms with Crippen LogP contribution in [0.2, 0.25) is 0 Å². The summed E-state index contributed by atoms with van der Waals surface area (Å²) < 4.78 is 19.9. The van der Waals surface area contributed by atoms with Crippen molar-refractivity contribution in [2.24, 2.45) is 0 Å². The third-order valence-corrected chi connectivity index (χ3v) is 4.51. The Labute approximate surface area is 171 Å². The molecule has 0 heterocycles. The maximum absolute atomic E-state index is 13.0. The topological polar surface area (TPSA) is 50.4 Å². The zero-order valence-electron chi connectivity index (χ0n) is 15.3. The molecule has 0 atom stereocenters. The Morgan fingerprint density at radius 1 is 1.00 bits per heavy atom. The van der Waals surface area contributed by atoms with Gasteiger partial charge in [0.05, 0.1) is 0 Å². The largest absolute Gasteiger partial charge is 0.489 e. The van der Waals surface area contributed by atoms with Crippen molar-refractivity contribution in [3.8, 4) is 5.75 Å². The summed E-state index contributed by atoms with van der Waals surface area (Å²) in [5.41, 5.74) is 3.57. The standard InChI is InChI=1S/C22H20BrFN2O2/c1-15(27)26-21-9-7-20(8-10-21)25-13-17-12-18(23)4-11-22(17)28-14-16-2-5-19(24)6-3-16/h2-12,25H,13-14H2,1H3,(H,26,27). The second-order valence-corrected chi connectivity index (χ2v) is 7.19. The van der Waals surface area contributed by atoms with Gasteiger partial charge in [-0.2, -0.15) is 0 Å². The minimum atomic E-state index is -0.262. The normalized spacial score (nSPS) is 10.4. The van der Waals surface area contributed by atoms with Gasteiger partial charge in [0.25, 0.3) is 0 Å². The van der Waals surface area contributed by atoms with Crippen molar-refractivity contribution in [3.05, 3.63) is 88.1 Å². The van der Waals surface area contributed by atoms with Crippen LogP contribution in [0.4, 0.5) is 15.8 Å². The molecule has 2 N–H and O–H groups in total. The van der Waals surface area contributed by atoms with E-state index in [4.69, 9.17) is 4.74 Å². The average Bonchev–Trinajstić information content (AvgIpc) is 2.67. The zero-order chi connectivity index (χ0) is 19.9. The van der Waals surface area contributed by atoms with Crippen molar-refractivity contribution >= 4 is 33.2 Å². The Hall–Kier alpha value is -2.86. The number of nitrogens with one attached hydrogen (secondary N) is 2. The molecule has 0 fully saturated rings. The van der Waals surface area contributed by atoms with E-state index in [1.54, 1.807) is 12.1 Å². The minimum Gasteiger partial charge on any atom is -0.489 e. The van der Waals surface area contributed by atoms with E-state index in [0.717, 1.165) is 32.7 Å². The van der Waals surface area contributed by atoms with E-state index >= 15 is 0 Å². The molecular weight excluding hydrogens is 423 g/mol. The highest BCUT2D eigenvalue weighted by atomic mass is 79.9. The Morgan fingerprint density at radius 2 is 1.68 bits per heavy atom.